The summed E-state index contributed by atoms with van der Waals surface area (Å²) in [6, 6.07) is -0.451. The van der Waals surface area contributed by atoms with Gasteiger partial charge in [0.2, 0.25) is 5.91 Å². The lowest BCUT2D eigenvalue weighted by atomic mass is 9.99. The third-order valence-corrected chi connectivity index (χ3v) is 3.80. The van der Waals surface area contributed by atoms with Gasteiger partial charge in [-0.3, -0.25) is 9.59 Å². The number of carbonyl (C=O) groups is 2. The van der Waals surface area contributed by atoms with Crippen LogP contribution < -0.4 is 10.6 Å². The summed E-state index contributed by atoms with van der Waals surface area (Å²) in [6.07, 6.45) is 0.988. The molecule has 114 valence electrons. The lowest BCUT2D eigenvalue weighted by Crippen LogP contribution is -2.49. The summed E-state index contributed by atoms with van der Waals surface area (Å²) in [5.41, 5.74) is 0. The van der Waals surface area contributed by atoms with Crippen molar-refractivity contribution in [3.63, 3.8) is 0 Å². The molecule has 7 heteroatoms. The lowest BCUT2D eigenvalue weighted by Gasteiger charge is -2.22. The minimum Gasteiger partial charge on any atom is -0.481 e. The van der Waals surface area contributed by atoms with Crippen LogP contribution >= 0.6 is 0 Å². The maximum absolute atomic E-state index is 12.3. The molecule has 0 radical (unpaired) electrons. The van der Waals surface area contributed by atoms with Gasteiger partial charge >= 0.3 is 5.97 Å². The van der Waals surface area contributed by atoms with Crippen molar-refractivity contribution < 1.29 is 24.2 Å². The number of hydrogen-bond donors (Lipinski definition) is 3. The normalized spacial score (nSPS) is 33.2. The smallest absolute Gasteiger partial charge is 0.311 e. The molecule has 0 saturated carbocycles. The Morgan fingerprint density at radius 1 is 1.10 bits per heavy atom. The number of hydrogen-bond acceptors (Lipinski definition) is 5. The largest absolute Gasteiger partial charge is 0.481 e. The Hall–Kier alpha value is -1.18. The first-order chi connectivity index (χ1) is 9.63. The Morgan fingerprint density at radius 2 is 1.75 bits per heavy atom. The summed E-state index contributed by atoms with van der Waals surface area (Å²) < 4.78 is 10.5. The Morgan fingerprint density at radius 3 is 2.40 bits per heavy atom. The zero-order valence-corrected chi connectivity index (χ0v) is 11.6. The van der Waals surface area contributed by atoms with Gasteiger partial charge in [-0.2, -0.15) is 0 Å². The monoisotopic (exact) mass is 286 g/mol. The average molecular weight is 286 g/mol. The average Bonchev–Trinajstić information content (AvgIpc) is 3.04. The molecule has 4 atom stereocenters. The predicted molar refractivity (Wildman–Crippen MR) is 70.3 cm³/mol. The van der Waals surface area contributed by atoms with Gasteiger partial charge in [0.1, 0.15) is 5.92 Å². The number of rotatable bonds is 6. The van der Waals surface area contributed by atoms with E-state index in [1.54, 1.807) is 0 Å². The van der Waals surface area contributed by atoms with Gasteiger partial charge in [0.05, 0.1) is 38.4 Å². The van der Waals surface area contributed by atoms with Crippen molar-refractivity contribution in [2.75, 3.05) is 33.0 Å². The van der Waals surface area contributed by atoms with E-state index in [1.807, 2.05) is 0 Å². The molecule has 0 aromatic carbocycles. The van der Waals surface area contributed by atoms with Gasteiger partial charge in [-0.1, -0.05) is 6.92 Å². The van der Waals surface area contributed by atoms with Crippen molar-refractivity contribution in [1.29, 1.82) is 0 Å². The van der Waals surface area contributed by atoms with Crippen LogP contribution in [0.25, 0.3) is 0 Å². The molecule has 2 aliphatic rings. The number of carbonyl (C=O) groups excluding carboxylic acids is 1. The Kier molecular flexibility index (Phi) is 5.33. The number of aliphatic carboxylic acids is 1. The van der Waals surface area contributed by atoms with E-state index in [0.717, 1.165) is 13.0 Å². The highest BCUT2D eigenvalue weighted by Crippen LogP contribution is 2.18. The molecular weight excluding hydrogens is 264 g/mol. The van der Waals surface area contributed by atoms with Crippen molar-refractivity contribution in [1.82, 2.24) is 10.6 Å². The second-order valence-electron chi connectivity index (χ2n) is 5.30. The topological polar surface area (TPSA) is 96.9 Å². The Labute approximate surface area is 118 Å². The van der Waals surface area contributed by atoms with Crippen LogP contribution in [0.1, 0.15) is 13.3 Å². The molecule has 4 unspecified atom stereocenters. The van der Waals surface area contributed by atoms with Gasteiger partial charge in [-0.25, -0.2) is 0 Å². The summed E-state index contributed by atoms with van der Waals surface area (Å²) in [5, 5.41) is 15.1. The molecule has 0 aromatic rings. The highest BCUT2D eigenvalue weighted by atomic mass is 16.5. The maximum Gasteiger partial charge on any atom is 0.311 e. The number of amides is 1. The fourth-order valence-electron chi connectivity index (χ4n) is 2.57. The fraction of sp³-hybridized carbons (Fsp3) is 0.846. The van der Waals surface area contributed by atoms with Crippen LogP contribution in [0.15, 0.2) is 0 Å². The van der Waals surface area contributed by atoms with E-state index >= 15 is 0 Å². The van der Waals surface area contributed by atoms with Crippen molar-refractivity contribution in [2.45, 2.75) is 25.4 Å². The molecule has 0 aliphatic carbocycles. The van der Waals surface area contributed by atoms with E-state index in [0.29, 0.717) is 13.2 Å². The molecule has 1 amide bonds. The SMILES string of the molecule is CCCNC1COCC1C(=O)NC1COCC1C(=O)O. The third kappa shape index (κ3) is 3.47. The van der Waals surface area contributed by atoms with Crippen molar-refractivity contribution in [3.8, 4) is 0 Å². The first-order valence-electron chi connectivity index (χ1n) is 7.05. The van der Waals surface area contributed by atoms with Crippen LogP contribution in [0.3, 0.4) is 0 Å². The summed E-state index contributed by atoms with van der Waals surface area (Å²) >= 11 is 0. The van der Waals surface area contributed by atoms with Crippen LogP contribution in [-0.4, -0.2) is 62.0 Å². The highest BCUT2D eigenvalue weighted by molar-refractivity contribution is 5.81. The minimum absolute atomic E-state index is 0.000509. The van der Waals surface area contributed by atoms with Gasteiger partial charge in [-0.15, -0.1) is 0 Å². The van der Waals surface area contributed by atoms with Crippen molar-refractivity contribution in [3.05, 3.63) is 0 Å². The van der Waals surface area contributed by atoms with E-state index in [9.17, 15) is 9.59 Å². The number of carboxylic acids is 1. The molecule has 2 aliphatic heterocycles. The number of carboxylic acid groups (broad SMARTS) is 1. The minimum atomic E-state index is -0.934. The summed E-state index contributed by atoms with van der Waals surface area (Å²) in [6.45, 7) is 4.19. The third-order valence-electron chi connectivity index (χ3n) is 3.80. The number of nitrogens with one attached hydrogen (secondary N) is 2. The molecule has 2 rings (SSSR count). The molecule has 20 heavy (non-hydrogen) atoms. The van der Waals surface area contributed by atoms with Gasteiger partial charge in [0.25, 0.3) is 0 Å². The van der Waals surface area contributed by atoms with E-state index in [-0.39, 0.29) is 31.1 Å². The van der Waals surface area contributed by atoms with Crippen LogP contribution in [0, 0.1) is 11.8 Å². The quantitative estimate of drug-likeness (QED) is 0.592. The van der Waals surface area contributed by atoms with Gasteiger partial charge in [-0.05, 0) is 13.0 Å². The van der Waals surface area contributed by atoms with Crippen LogP contribution in [0.2, 0.25) is 0 Å². The number of ether oxygens (including phenoxy) is 2. The standard InChI is InChI=1S/C13H22N2O5/c1-2-3-14-10-6-19-4-8(10)12(16)15-11-7-20-5-9(11)13(17)18/h8-11,14H,2-7H2,1H3,(H,15,16)(H,17,18). The lowest BCUT2D eigenvalue weighted by molar-refractivity contribution is -0.142. The summed E-state index contributed by atoms with van der Waals surface area (Å²) in [7, 11) is 0. The summed E-state index contributed by atoms with van der Waals surface area (Å²) in [5.74, 6) is -2.02. The molecular formula is C13H22N2O5. The first-order valence-corrected chi connectivity index (χ1v) is 7.05. The fourth-order valence-corrected chi connectivity index (χ4v) is 2.57. The first kappa shape index (κ1) is 15.2. The second-order valence-corrected chi connectivity index (χ2v) is 5.30. The van der Waals surface area contributed by atoms with Crippen LogP contribution in [0.5, 0.6) is 0 Å². The van der Waals surface area contributed by atoms with Gasteiger partial charge < -0.3 is 25.2 Å². The van der Waals surface area contributed by atoms with Crippen LogP contribution in [0.4, 0.5) is 0 Å². The molecule has 0 aromatic heterocycles. The van der Waals surface area contributed by atoms with E-state index in [4.69, 9.17) is 14.6 Å². The molecule has 2 heterocycles. The van der Waals surface area contributed by atoms with Crippen molar-refractivity contribution >= 4 is 11.9 Å². The molecule has 2 saturated heterocycles. The summed E-state index contributed by atoms with van der Waals surface area (Å²) in [4.78, 5) is 23.3. The predicted octanol–water partition coefficient (Wildman–Crippen LogP) is -0.783. The molecule has 7 nitrogen and oxygen atoms in total. The van der Waals surface area contributed by atoms with Crippen molar-refractivity contribution in [2.24, 2.45) is 11.8 Å². The Balaban J connectivity index is 1.88. The molecule has 3 N–H and O–H groups in total. The van der Waals surface area contributed by atoms with Crippen LogP contribution in [-0.2, 0) is 19.1 Å². The maximum atomic E-state index is 12.3. The molecule has 0 spiro atoms. The van der Waals surface area contributed by atoms with Gasteiger partial charge in [0.15, 0.2) is 0 Å². The van der Waals surface area contributed by atoms with E-state index in [2.05, 4.69) is 17.6 Å². The zero-order valence-electron chi connectivity index (χ0n) is 11.6. The highest BCUT2D eigenvalue weighted by Gasteiger charge is 2.39. The van der Waals surface area contributed by atoms with Gasteiger partial charge in [0, 0.05) is 6.04 Å². The van der Waals surface area contributed by atoms with E-state index < -0.39 is 17.9 Å². The second kappa shape index (κ2) is 7.01. The van der Waals surface area contributed by atoms with E-state index in [1.165, 1.54) is 0 Å². The molecule has 0 bridgehead atoms. The Bertz CT molecular complexity index is 363. The molecule has 2 fully saturated rings. The zero-order chi connectivity index (χ0) is 14.5.